The maximum atomic E-state index is 12.4. The molecule has 0 saturated heterocycles. The van der Waals surface area contributed by atoms with Crippen molar-refractivity contribution in [3.05, 3.63) is 0 Å². The van der Waals surface area contributed by atoms with E-state index in [0.29, 0.717) is 38.5 Å². The first-order valence-corrected chi connectivity index (χ1v) is 9.16. The Bertz CT molecular complexity index is 495. The standard InChI is InChI=1S/C18H31N3O4/c1-5-6-15(23)21-16(11(2)3)18(25)19-12(4)17(24)20-13-7-9-14(22)10-8-13/h11-13,16H,5-10H2,1-4H3,(H,19,25)(H,20,24)(H,21,23)/t12-,16?/m0/s1. The van der Waals surface area contributed by atoms with Crippen LogP contribution in [0, 0.1) is 5.92 Å². The van der Waals surface area contributed by atoms with Gasteiger partial charge in [0.15, 0.2) is 0 Å². The number of ketones is 1. The second-order valence-electron chi connectivity index (χ2n) is 7.09. The second kappa shape index (κ2) is 10.2. The molecular formula is C18H31N3O4. The molecule has 0 radical (unpaired) electrons. The number of nitrogens with one attached hydrogen (secondary N) is 3. The highest BCUT2D eigenvalue weighted by molar-refractivity contribution is 5.92. The van der Waals surface area contributed by atoms with Gasteiger partial charge >= 0.3 is 0 Å². The summed E-state index contributed by atoms with van der Waals surface area (Å²) in [6.45, 7) is 7.21. The topological polar surface area (TPSA) is 104 Å². The van der Waals surface area contributed by atoms with Crippen LogP contribution in [0.1, 0.15) is 66.2 Å². The molecule has 0 spiro atoms. The van der Waals surface area contributed by atoms with Crippen molar-refractivity contribution in [2.75, 3.05) is 0 Å². The third-order valence-corrected chi connectivity index (χ3v) is 4.38. The monoisotopic (exact) mass is 353 g/mol. The van der Waals surface area contributed by atoms with Crippen molar-refractivity contribution < 1.29 is 19.2 Å². The Labute approximate surface area is 149 Å². The second-order valence-corrected chi connectivity index (χ2v) is 7.09. The minimum absolute atomic E-state index is 0.0188. The molecule has 1 unspecified atom stereocenters. The minimum atomic E-state index is -0.700. The number of hydrogen-bond acceptors (Lipinski definition) is 4. The highest BCUT2D eigenvalue weighted by Gasteiger charge is 2.28. The number of hydrogen-bond donors (Lipinski definition) is 3. The van der Waals surface area contributed by atoms with E-state index < -0.39 is 12.1 Å². The molecule has 25 heavy (non-hydrogen) atoms. The smallest absolute Gasteiger partial charge is 0.243 e. The zero-order valence-corrected chi connectivity index (χ0v) is 15.7. The molecule has 3 amide bonds. The van der Waals surface area contributed by atoms with Gasteiger partial charge < -0.3 is 16.0 Å². The molecule has 3 N–H and O–H groups in total. The molecule has 7 heteroatoms. The molecule has 1 aliphatic carbocycles. The van der Waals surface area contributed by atoms with Crippen LogP contribution in [0.2, 0.25) is 0 Å². The van der Waals surface area contributed by atoms with Crippen molar-refractivity contribution in [1.82, 2.24) is 16.0 Å². The van der Waals surface area contributed by atoms with Gasteiger partial charge in [0.1, 0.15) is 17.9 Å². The van der Waals surface area contributed by atoms with Crippen molar-refractivity contribution in [2.24, 2.45) is 5.92 Å². The first-order chi connectivity index (χ1) is 11.7. The van der Waals surface area contributed by atoms with Gasteiger partial charge in [0, 0.05) is 25.3 Å². The SMILES string of the molecule is CCCC(=O)NC(C(=O)N[C@@H](C)C(=O)NC1CCC(=O)CC1)C(C)C. The molecule has 1 rings (SSSR count). The Morgan fingerprint density at radius 2 is 1.64 bits per heavy atom. The average Bonchev–Trinajstić information content (AvgIpc) is 2.54. The Kier molecular flexibility index (Phi) is 8.58. The van der Waals surface area contributed by atoms with Gasteiger partial charge in [-0.15, -0.1) is 0 Å². The van der Waals surface area contributed by atoms with E-state index >= 15 is 0 Å². The van der Waals surface area contributed by atoms with Crippen molar-refractivity contribution in [3.63, 3.8) is 0 Å². The molecule has 2 atom stereocenters. The summed E-state index contributed by atoms with van der Waals surface area (Å²) in [6.07, 6.45) is 3.35. The maximum Gasteiger partial charge on any atom is 0.243 e. The van der Waals surface area contributed by atoms with Gasteiger partial charge in [0.2, 0.25) is 17.7 Å². The van der Waals surface area contributed by atoms with E-state index in [1.165, 1.54) is 0 Å². The van der Waals surface area contributed by atoms with Crippen molar-refractivity contribution in [3.8, 4) is 0 Å². The number of carbonyl (C=O) groups is 4. The quantitative estimate of drug-likeness (QED) is 0.607. The van der Waals surface area contributed by atoms with Crippen LogP contribution in [0.15, 0.2) is 0 Å². The summed E-state index contributed by atoms with van der Waals surface area (Å²) in [6, 6.07) is -1.38. The Morgan fingerprint density at radius 3 is 2.16 bits per heavy atom. The van der Waals surface area contributed by atoms with E-state index in [1.807, 2.05) is 20.8 Å². The van der Waals surface area contributed by atoms with Crippen molar-refractivity contribution in [2.45, 2.75) is 84.3 Å². The fraction of sp³-hybridized carbons (Fsp3) is 0.778. The molecule has 1 fully saturated rings. The summed E-state index contributed by atoms with van der Waals surface area (Å²) < 4.78 is 0. The van der Waals surface area contributed by atoms with Crippen LogP contribution in [-0.2, 0) is 19.2 Å². The van der Waals surface area contributed by atoms with E-state index in [-0.39, 0.29) is 35.5 Å². The van der Waals surface area contributed by atoms with Crippen LogP contribution in [0.3, 0.4) is 0 Å². The Morgan fingerprint density at radius 1 is 1.04 bits per heavy atom. The van der Waals surface area contributed by atoms with E-state index in [0.717, 1.165) is 0 Å². The van der Waals surface area contributed by atoms with Crippen molar-refractivity contribution in [1.29, 1.82) is 0 Å². The maximum absolute atomic E-state index is 12.4. The third kappa shape index (κ3) is 7.23. The van der Waals surface area contributed by atoms with Crippen LogP contribution in [0.5, 0.6) is 0 Å². The number of amides is 3. The number of Topliss-reactive ketones (excluding diaryl/α,β-unsaturated/α-hetero) is 1. The average molecular weight is 353 g/mol. The third-order valence-electron chi connectivity index (χ3n) is 4.38. The summed E-state index contributed by atoms with van der Waals surface area (Å²) in [5.74, 6) is -0.647. The molecule has 7 nitrogen and oxygen atoms in total. The van der Waals surface area contributed by atoms with Gasteiger partial charge in [-0.2, -0.15) is 0 Å². The molecule has 1 aliphatic rings. The van der Waals surface area contributed by atoms with Gasteiger partial charge in [-0.25, -0.2) is 0 Å². The lowest BCUT2D eigenvalue weighted by atomic mass is 9.94. The Hall–Kier alpha value is -1.92. The van der Waals surface area contributed by atoms with Gasteiger partial charge in [-0.3, -0.25) is 19.2 Å². The molecule has 1 saturated carbocycles. The highest BCUT2D eigenvalue weighted by Crippen LogP contribution is 2.14. The molecule has 0 heterocycles. The van der Waals surface area contributed by atoms with Crippen LogP contribution >= 0.6 is 0 Å². The predicted molar refractivity (Wildman–Crippen MR) is 94.7 cm³/mol. The minimum Gasteiger partial charge on any atom is -0.352 e. The van der Waals surface area contributed by atoms with E-state index in [2.05, 4.69) is 16.0 Å². The van der Waals surface area contributed by atoms with E-state index in [4.69, 9.17) is 0 Å². The molecular weight excluding hydrogens is 322 g/mol. The first-order valence-electron chi connectivity index (χ1n) is 9.16. The molecule has 0 aromatic heterocycles. The zero-order valence-electron chi connectivity index (χ0n) is 15.7. The van der Waals surface area contributed by atoms with Gasteiger partial charge in [0.25, 0.3) is 0 Å². The Balaban J connectivity index is 2.52. The molecule has 142 valence electrons. The van der Waals surface area contributed by atoms with Crippen LogP contribution in [-0.4, -0.2) is 41.6 Å². The molecule has 0 aliphatic heterocycles. The fourth-order valence-corrected chi connectivity index (χ4v) is 2.79. The van der Waals surface area contributed by atoms with Crippen molar-refractivity contribution >= 4 is 23.5 Å². The van der Waals surface area contributed by atoms with Gasteiger partial charge in [0.05, 0.1) is 0 Å². The van der Waals surface area contributed by atoms with Crippen LogP contribution < -0.4 is 16.0 Å². The largest absolute Gasteiger partial charge is 0.352 e. The highest BCUT2D eigenvalue weighted by atomic mass is 16.2. The molecule has 0 aromatic carbocycles. The summed E-state index contributed by atoms with van der Waals surface area (Å²) in [7, 11) is 0. The van der Waals surface area contributed by atoms with E-state index in [9.17, 15) is 19.2 Å². The van der Waals surface area contributed by atoms with Gasteiger partial charge in [-0.05, 0) is 32.1 Å². The summed E-state index contributed by atoms with van der Waals surface area (Å²) in [5, 5.41) is 8.28. The molecule has 0 bridgehead atoms. The van der Waals surface area contributed by atoms with Gasteiger partial charge in [-0.1, -0.05) is 20.8 Å². The van der Waals surface area contributed by atoms with Crippen LogP contribution in [0.4, 0.5) is 0 Å². The van der Waals surface area contributed by atoms with E-state index in [1.54, 1.807) is 6.92 Å². The lowest BCUT2D eigenvalue weighted by Crippen LogP contribution is -2.55. The summed E-state index contributed by atoms with van der Waals surface area (Å²) >= 11 is 0. The fourth-order valence-electron chi connectivity index (χ4n) is 2.79. The lowest BCUT2D eigenvalue weighted by molar-refractivity contribution is -0.133. The first kappa shape index (κ1) is 21.1. The number of rotatable bonds is 8. The zero-order chi connectivity index (χ0) is 19.0. The predicted octanol–water partition coefficient (Wildman–Crippen LogP) is 1.06. The summed E-state index contributed by atoms with van der Waals surface area (Å²) in [4.78, 5) is 47.7. The lowest BCUT2D eigenvalue weighted by Gasteiger charge is -2.26. The summed E-state index contributed by atoms with van der Waals surface area (Å²) in [5.41, 5.74) is 0. The normalized spacial score (nSPS) is 17.7. The molecule has 0 aromatic rings. The number of carbonyl (C=O) groups excluding carboxylic acids is 4. The van der Waals surface area contributed by atoms with Crippen LogP contribution in [0.25, 0.3) is 0 Å².